The molecule has 1 heterocycles. The summed E-state index contributed by atoms with van der Waals surface area (Å²) in [5.74, 6) is 1.67. The van der Waals surface area contributed by atoms with E-state index in [1.807, 2.05) is 36.9 Å². The first kappa shape index (κ1) is 12.8. The van der Waals surface area contributed by atoms with Gasteiger partial charge in [-0.05, 0) is 31.2 Å². The predicted molar refractivity (Wildman–Crippen MR) is 74.9 cm³/mol. The standard InChI is InChI=1S/C13H17N3OS/c1-9-6-10(16(2)15-9)8-18-13-7-11(17-3)4-5-12(13)14/h4-7H,8,14H2,1-3H3. The average Bonchev–Trinajstić information content (AvgIpc) is 2.67. The highest BCUT2D eigenvalue weighted by molar-refractivity contribution is 7.98. The molecule has 0 spiro atoms. The van der Waals surface area contributed by atoms with Crippen LogP contribution in [0.5, 0.6) is 5.75 Å². The van der Waals surface area contributed by atoms with Crippen molar-refractivity contribution in [2.24, 2.45) is 7.05 Å². The smallest absolute Gasteiger partial charge is 0.120 e. The third-order valence-corrected chi connectivity index (χ3v) is 3.80. The zero-order chi connectivity index (χ0) is 13.1. The number of ether oxygens (including phenoxy) is 1. The van der Waals surface area contributed by atoms with Gasteiger partial charge in [-0.2, -0.15) is 5.10 Å². The molecule has 0 aliphatic carbocycles. The summed E-state index contributed by atoms with van der Waals surface area (Å²) < 4.78 is 7.10. The molecule has 0 fully saturated rings. The van der Waals surface area contributed by atoms with Gasteiger partial charge in [0.2, 0.25) is 0 Å². The summed E-state index contributed by atoms with van der Waals surface area (Å²) in [4.78, 5) is 1.04. The van der Waals surface area contributed by atoms with Crippen molar-refractivity contribution in [1.29, 1.82) is 0 Å². The number of aromatic nitrogens is 2. The molecule has 0 radical (unpaired) electrons. The lowest BCUT2D eigenvalue weighted by Crippen LogP contribution is -1.97. The van der Waals surface area contributed by atoms with Gasteiger partial charge in [0.1, 0.15) is 5.75 Å². The van der Waals surface area contributed by atoms with Gasteiger partial charge < -0.3 is 10.5 Å². The minimum absolute atomic E-state index is 0.777. The molecule has 2 rings (SSSR count). The fourth-order valence-electron chi connectivity index (χ4n) is 1.72. The van der Waals surface area contributed by atoms with E-state index in [0.717, 1.165) is 27.8 Å². The van der Waals surface area contributed by atoms with Gasteiger partial charge in [0, 0.05) is 29.1 Å². The molecule has 4 nitrogen and oxygen atoms in total. The molecule has 0 aliphatic heterocycles. The van der Waals surface area contributed by atoms with Crippen LogP contribution in [0.4, 0.5) is 5.69 Å². The van der Waals surface area contributed by atoms with Crippen molar-refractivity contribution in [1.82, 2.24) is 9.78 Å². The molecule has 0 amide bonds. The fourth-order valence-corrected chi connectivity index (χ4v) is 2.73. The number of methoxy groups -OCH3 is 1. The molecule has 1 aromatic heterocycles. The highest BCUT2D eigenvalue weighted by atomic mass is 32.2. The van der Waals surface area contributed by atoms with Crippen molar-refractivity contribution in [3.05, 3.63) is 35.7 Å². The number of nitrogens with zero attached hydrogens (tertiary/aromatic N) is 2. The molecule has 96 valence electrons. The molecule has 0 saturated heterocycles. The Morgan fingerprint density at radius 1 is 1.39 bits per heavy atom. The zero-order valence-electron chi connectivity index (χ0n) is 10.8. The Hall–Kier alpha value is -1.62. The van der Waals surface area contributed by atoms with Crippen molar-refractivity contribution in [2.45, 2.75) is 17.6 Å². The first-order chi connectivity index (χ1) is 8.60. The van der Waals surface area contributed by atoms with E-state index in [0.29, 0.717) is 0 Å². The first-order valence-corrected chi connectivity index (χ1v) is 6.64. The van der Waals surface area contributed by atoms with Crippen LogP contribution in [0.25, 0.3) is 0 Å². The summed E-state index contributed by atoms with van der Waals surface area (Å²) in [5, 5.41) is 4.33. The van der Waals surface area contributed by atoms with Gasteiger partial charge in [-0.25, -0.2) is 0 Å². The maximum Gasteiger partial charge on any atom is 0.120 e. The summed E-state index contributed by atoms with van der Waals surface area (Å²) in [5.41, 5.74) is 8.94. The summed E-state index contributed by atoms with van der Waals surface area (Å²) >= 11 is 1.69. The second-order valence-electron chi connectivity index (χ2n) is 4.09. The highest BCUT2D eigenvalue weighted by Gasteiger charge is 2.06. The molecule has 18 heavy (non-hydrogen) atoms. The largest absolute Gasteiger partial charge is 0.497 e. The molecule has 0 unspecified atom stereocenters. The van der Waals surface area contributed by atoms with Gasteiger partial charge in [0.25, 0.3) is 0 Å². The van der Waals surface area contributed by atoms with Crippen LogP contribution in [-0.2, 0) is 12.8 Å². The van der Waals surface area contributed by atoms with Gasteiger partial charge >= 0.3 is 0 Å². The lowest BCUT2D eigenvalue weighted by molar-refractivity contribution is 0.414. The quantitative estimate of drug-likeness (QED) is 0.680. The lowest BCUT2D eigenvalue weighted by atomic mass is 10.3. The molecule has 2 aromatic rings. The number of nitrogen functional groups attached to an aromatic ring is 1. The number of aryl methyl sites for hydroxylation is 2. The van der Waals surface area contributed by atoms with Crippen molar-refractivity contribution in [3.8, 4) is 5.75 Å². The second kappa shape index (κ2) is 5.35. The van der Waals surface area contributed by atoms with Crippen LogP contribution in [0.2, 0.25) is 0 Å². The van der Waals surface area contributed by atoms with Crippen molar-refractivity contribution in [3.63, 3.8) is 0 Å². The third kappa shape index (κ3) is 2.79. The van der Waals surface area contributed by atoms with Gasteiger partial charge in [0.05, 0.1) is 12.8 Å². The summed E-state index contributed by atoms with van der Waals surface area (Å²) in [6.07, 6.45) is 0. The van der Waals surface area contributed by atoms with Crippen LogP contribution in [0, 0.1) is 6.92 Å². The van der Waals surface area contributed by atoms with Gasteiger partial charge in [-0.15, -0.1) is 11.8 Å². The fraction of sp³-hybridized carbons (Fsp3) is 0.308. The van der Waals surface area contributed by atoms with E-state index in [4.69, 9.17) is 10.5 Å². The lowest BCUT2D eigenvalue weighted by Gasteiger charge is -2.08. The zero-order valence-corrected chi connectivity index (χ0v) is 11.6. The van der Waals surface area contributed by atoms with E-state index in [1.165, 1.54) is 5.69 Å². The van der Waals surface area contributed by atoms with Crippen LogP contribution in [0.3, 0.4) is 0 Å². The Bertz CT molecular complexity index is 551. The van der Waals surface area contributed by atoms with Crippen molar-refractivity contribution >= 4 is 17.4 Å². The Morgan fingerprint density at radius 3 is 2.78 bits per heavy atom. The SMILES string of the molecule is COc1ccc(N)c(SCc2cc(C)nn2C)c1. The van der Waals surface area contributed by atoms with Gasteiger partial charge in [-0.3, -0.25) is 4.68 Å². The third-order valence-electron chi connectivity index (χ3n) is 2.70. The highest BCUT2D eigenvalue weighted by Crippen LogP contribution is 2.31. The maximum atomic E-state index is 5.95. The number of hydrogen-bond acceptors (Lipinski definition) is 4. The summed E-state index contributed by atoms with van der Waals surface area (Å²) in [6.45, 7) is 1.99. The summed E-state index contributed by atoms with van der Waals surface area (Å²) in [6, 6.07) is 7.79. The number of hydrogen-bond donors (Lipinski definition) is 1. The van der Waals surface area contributed by atoms with Crippen LogP contribution >= 0.6 is 11.8 Å². The maximum absolute atomic E-state index is 5.95. The molecule has 2 N–H and O–H groups in total. The van der Waals surface area contributed by atoms with E-state index >= 15 is 0 Å². The van der Waals surface area contributed by atoms with Crippen LogP contribution < -0.4 is 10.5 Å². The molecule has 0 bridgehead atoms. The Labute approximate surface area is 111 Å². The van der Waals surface area contributed by atoms with Gasteiger partial charge in [-0.1, -0.05) is 0 Å². The number of rotatable bonds is 4. The number of anilines is 1. The van der Waals surface area contributed by atoms with Crippen LogP contribution in [0.1, 0.15) is 11.4 Å². The van der Waals surface area contributed by atoms with E-state index in [1.54, 1.807) is 18.9 Å². The molecule has 1 aromatic carbocycles. The first-order valence-electron chi connectivity index (χ1n) is 5.66. The summed E-state index contributed by atoms with van der Waals surface area (Å²) in [7, 11) is 3.61. The number of thioether (sulfide) groups is 1. The average molecular weight is 263 g/mol. The van der Waals surface area contributed by atoms with Crippen molar-refractivity contribution in [2.75, 3.05) is 12.8 Å². The van der Waals surface area contributed by atoms with Crippen LogP contribution in [0.15, 0.2) is 29.2 Å². The minimum Gasteiger partial charge on any atom is -0.497 e. The number of benzene rings is 1. The Kier molecular flexibility index (Phi) is 3.81. The van der Waals surface area contributed by atoms with E-state index in [-0.39, 0.29) is 0 Å². The van der Waals surface area contributed by atoms with E-state index in [9.17, 15) is 0 Å². The Balaban J connectivity index is 2.12. The molecular formula is C13H17N3OS. The monoisotopic (exact) mass is 263 g/mol. The number of nitrogens with two attached hydrogens (primary N) is 1. The topological polar surface area (TPSA) is 53.1 Å². The van der Waals surface area contributed by atoms with E-state index in [2.05, 4.69) is 11.2 Å². The minimum atomic E-state index is 0.777. The predicted octanol–water partition coefficient (Wildman–Crippen LogP) is 2.61. The Morgan fingerprint density at radius 2 is 2.17 bits per heavy atom. The normalized spacial score (nSPS) is 10.6. The van der Waals surface area contributed by atoms with E-state index < -0.39 is 0 Å². The molecule has 0 aliphatic rings. The second-order valence-corrected chi connectivity index (χ2v) is 5.11. The molecule has 0 saturated carbocycles. The van der Waals surface area contributed by atoms with Crippen LogP contribution in [-0.4, -0.2) is 16.9 Å². The van der Waals surface area contributed by atoms with Crippen molar-refractivity contribution < 1.29 is 4.74 Å². The molecule has 5 heteroatoms. The molecule has 0 atom stereocenters. The van der Waals surface area contributed by atoms with Gasteiger partial charge in [0.15, 0.2) is 0 Å². The molecular weight excluding hydrogens is 246 g/mol.